The summed E-state index contributed by atoms with van der Waals surface area (Å²) in [5.74, 6) is 0.149. The average Bonchev–Trinajstić information content (AvgIpc) is 3.72. The van der Waals surface area contributed by atoms with Gasteiger partial charge in [0.25, 0.3) is 0 Å². The number of fused-ring (bicyclic) bond motifs is 3. The first kappa shape index (κ1) is 39.7. The first-order chi connectivity index (χ1) is 22.8. The van der Waals surface area contributed by atoms with E-state index in [-0.39, 0.29) is 29.0 Å². The van der Waals surface area contributed by atoms with Crippen molar-refractivity contribution >= 4 is 24.8 Å². The molecule has 0 atom stereocenters. The van der Waals surface area contributed by atoms with Crippen LogP contribution in [0.3, 0.4) is 0 Å². The summed E-state index contributed by atoms with van der Waals surface area (Å²) >= 11 is 1.46. The zero-order valence-corrected chi connectivity index (χ0v) is 33.1. The van der Waals surface area contributed by atoms with E-state index in [1.165, 1.54) is 71.2 Å². The molecular weight excluding hydrogens is 695 g/mol. The Kier molecular flexibility index (Phi) is 14.9. The van der Waals surface area contributed by atoms with E-state index >= 15 is 0 Å². The maximum atomic E-state index is 11.7. The van der Waals surface area contributed by atoms with Gasteiger partial charge in [0, 0.05) is 0 Å². The molecule has 0 saturated carbocycles. The predicted octanol–water partition coefficient (Wildman–Crippen LogP) is 8.57. The molecule has 0 heterocycles. The van der Waals surface area contributed by atoms with Gasteiger partial charge in [0.2, 0.25) is 0 Å². The van der Waals surface area contributed by atoms with Crippen molar-refractivity contribution in [3.8, 4) is 5.75 Å². The number of benzene rings is 5. The van der Waals surface area contributed by atoms with Crippen molar-refractivity contribution in [1.82, 2.24) is 0 Å². The summed E-state index contributed by atoms with van der Waals surface area (Å²) < 4.78 is 1.42. The monoisotopic (exact) mass is 740 g/mol. The predicted molar refractivity (Wildman–Crippen MR) is 203 cm³/mol. The Labute approximate surface area is 315 Å². The molecule has 1 aliphatic rings. The van der Waals surface area contributed by atoms with E-state index in [9.17, 15) is 5.11 Å². The van der Waals surface area contributed by atoms with E-state index in [4.69, 9.17) is 0 Å². The third-order valence-corrected chi connectivity index (χ3v) is 9.59. The van der Waals surface area contributed by atoms with Crippen LogP contribution in [-0.4, -0.2) is 3.21 Å². The van der Waals surface area contributed by atoms with Gasteiger partial charge in [0.1, 0.15) is 0 Å². The SMILES string of the molecule is CC(C)(C)c1ccc([O-])c(C(C)(C)C)c1.CC1=CC[C-]=C1.[Cl-].[Zr+2]=[C](c1ccccc1)c1ccccc1.c1ccc2c(c1)[cH-]c1ccccc12. The minimum absolute atomic E-state index is 0. The van der Waals surface area contributed by atoms with Crippen LogP contribution >= 0.6 is 0 Å². The minimum Gasteiger partial charge on any atom is -0.126 e. The zero-order valence-electron chi connectivity index (χ0n) is 29.8. The summed E-state index contributed by atoms with van der Waals surface area (Å²) in [4.78, 5) is 0. The molecule has 0 saturated heterocycles. The number of hydrogen-bond acceptors (Lipinski definition) is 1. The maximum absolute atomic E-state index is 11.7. The average molecular weight is 743 g/mol. The van der Waals surface area contributed by atoms with Crippen LogP contribution in [-0.2, 0) is 35.1 Å². The van der Waals surface area contributed by atoms with Gasteiger partial charge in [-0.1, -0.05) is 102 Å². The molecule has 0 amide bonds. The Hall–Kier alpha value is -3.71. The second-order valence-corrected chi connectivity index (χ2v) is 15.4. The molecule has 6 aromatic rings. The van der Waals surface area contributed by atoms with Gasteiger partial charge in [0.05, 0.1) is 0 Å². The second kappa shape index (κ2) is 18.3. The number of halogens is 1. The molecular formula is C46H47ClOZr-2. The molecule has 0 N–H and O–H groups in total. The molecule has 7 rings (SSSR count). The van der Waals surface area contributed by atoms with Gasteiger partial charge in [-0.05, 0) is 16.4 Å². The summed E-state index contributed by atoms with van der Waals surface area (Å²) in [6, 6.07) is 46.1. The first-order valence-electron chi connectivity index (χ1n) is 16.6. The normalized spacial score (nSPS) is 12.0. The van der Waals surface area contributed by atoms with E-state index in [0.717, 1.165) is 12.0 Å². The Morgan fingerprint density at radius 3 is 1.51 bits per heavy atom. The van der Waals surface area contributed by atoms with Crippen molar-refractivity contribution in [3.05, 3.63) is 180 Å². The molecule has 0 unspecified atom stereocenters. The zero-order chi connectivity index (χ0) is 34.7. The van der Waals surface area contributed by atoms with Gasteiger partial charge < -0.3 is 17.5 Å². The minimum atomic E-state index is -0.0711. The maximum Gasteiger partial charge on any atom is -0.0771 e. The molecule has 0 radical (unpaired) electrons. The molecule has 0 bridgehead atoms. The third kappa shape index (κ3) is 11.7. The fraction of sp³-hybridized carbons (Fsp3) is 0.217. The summed E-state index contributed by atoms with van der Waals surface area (Å²) in [5, 5.41) is 17.1. The first-order valence-corrected chi connectivity index (χ1v) is 17.9. The number of allylic oxidation sites excluding steroid dienone is 4. The van der Waals surface area contributed by atoms with Gasteiger partial charge in [-0.25, -0.2) is 11.6 Å². The molecule has 0 aromatic heterocycles. The van der Waals surface area contributed by atoms with Crippen LogP contribution in [0, 0.1) is 6.08 Å². The number of hydrogen-bond donors (Lipinski definition) is 0. The van der Waals surface area contributed by atoms with Crippen LogP contribution < -0.4 is 17.5 Å². The summed E-state index contributed by atoms with van der Waals surface area (Å²) in [7, 11) is 0. The van der Waals surface area contributed by atoms with Crippen LogP contribution in [0.4, 0.5) is 0 Å². The summed E-state index contributed by atoms with van der Waals surface area (Å²) in [6.45, 7) is 14.8. The van der Waals surface area contributed by atoms with E-state index in [1.54, 1.807) is 6.07 Å². The van der Waals surface area contributed by atoms with Gasteiger partial charge in [0.15, 0.2) is 0 Å². The largest absolute Gasteiger partial charge is 0.126 e. The van der Waals surface area contributed by atoms with Gasteiger partial charge in [-0.3, -0.25) is 6.08 Å². The Morgan fingerprint density at radius 1 is 0.653 bits per heavy atom. The quantitative estimate of drug-likeness (QED) is 0.163. The fourth-order valence-electron chi connectivity index (χ4n) is 5.36. The Balaban J connectivity index is 0.000000182. The van der Waals surface area contributed by atoms with E-state index in [0.29, 0.717) is 0 Å². The van der Waals surface area contributed by atoms with Gasteiger partial charge in [-0.15, -0.1) is 58.8 Å². The number of rotatable bonds is 2. The molecule has 0 aliphatic heterocycles. The van der Waals surface area contributed by atoms with Crippen LogP contribution in [0.15, 0.2) is 151 Å². The van der Waals surface area contributed by atoms with Crippen molar-refractivity contribution in [2.75, 3.05) is 0 Å². The third-order valence-electron chi connectivity index (χ3n) is 8.17. The standard InChI is InChI=1S/C14H22O.C13H9.C13H10.C6H7.ClH.Zr/c1-13(2,3)10-7-8-12(15)11(9-10)14(4,5)6;1-3-7-12-10(5-1)9-11-6-2-4-8-13(11)12;1-3-7-12(8-4-1)11-13-9-5-2-6-10-13;1-6-4-2-3-5-6;;/h7-9,15H,1-6H3;1-9H;1-10H;4-5H,2H2,1H3;1H;/q;-1;;-1;;+2/p-2. The van der Waals surface area contributed by atoms with E-state index in [1.807, 2.05) is 12.1 Å². The van der Waals surface area contributed by atoms with Crippen LogP contribution in [0.25, 0.3) is 21.5 Å². The second-order valence-electron chi connectivity index (χ2n) is 14.1. The van der Waals surface area contributed by atoms with Crippen LogP contribution in [0.5, 0.6) is 5.75 Å². The van der Waals surface area contributed by atoms with Crippen molar-refractivity contribution in [2.45, 2.75) is 65.7 Å². The molecule has 49 heavy (non-hydrogen) atoms. The summed E-state index contributed by atoms with van der Waals surface area (Å²) in [6.07, 6.45) is 8.24. The topological polar surface area (TPSA) is 23.1 Å². The summed E-state index contributed by atoms with van der Waals surface area (Å²) in [5.41, 5.74) is 6.18. The van der Waals surface area contributed by atoms with E-state index < -0.39 is 0 Å². The molecule has 1 nitrogen and oxygen atoms in total. The van der Waals surface area contributed by atoms with Crippen molar-refractivity contribution in [3.63, 3.8) is 0 Å². The molecule has 1 aliphatic carbocycles. The fourth-order valence-corrected chi connectivity index (χ4v) is 6.18. The van der Waals surface area contributed by atoms with Crippen molar-refractivity contribution < 1.29 is 41.7 Å². The van der Waals surface area contributed by atoms with E-state index in [2.05, 4.69) is 182 Å². The molecule has 250 valence electrons. The van der Waals surface area contributed by atoms with Crippen molar-refractivity contribution in [2.24, 2.45) is 0 Å². The van der Waals surface area contributed by atoms with Crippen LogP contribution in [0.2, 0.25) is 0 Å². The smallest absolute Gasteiger partial charge is 0.0771 e. The Morgan fingerprint density at radius 2 is 1.12 bits per heavy atom. The van der Waals surface area contributed by atoms with Crippen LogP contribution in [0.1, 0.15) is 77.1 Å². The Bertz CT molecular complexity index is 1890. The van der Waals surface area contributed by atoms with Gasteiger partial charge in [-0.2, -0.15) is 6.08 Å². The van der Waals surface area contributed by atoms with Gasteiger partial charge >= 0.3 is 99.2 Å². The molecule has 0 spiro atoms. The molecule has 6 aromatic carbocycles. The molecule has 0 fully saturated rings. The van der Waals surface area contributed by atoms with Crippen molar-refractivity contribution in [1.29, 1.82) is 0 Å². The molecule has 3 heteroatoms.